The van der Waals surface area contributed by atoms with Gasteiger partial charge in [-0.2, -0.15) is 0 Å². The first-order valence-electron chi connectivity index (χ1n) is 26.1. The van der Waals surface area contributed by atoms with Crippen LogP contribution in [-0.2, 0) is 25.7 Å². The Hall–Kier alpha value is -5.80. The van der Waals surface area contributed by atoms with Crippen molar-refractivity contribution >= 4 is 57.2 Å². The fourth-order valence-corrected chi connectivity index (χ4v) is 13.8. The van der Waals surface area contributed by atoms with Gasteiger partial charge in [-0.15, -0.1) is 0 Å². The number of benzene rings is 7. The summed E-state index contributed by atoms with van der Waals surface area (Å²) in [4.78, 5) is 5.60. The zero-order chi connectivity index (χ0) is 43.7. The fourth-order valence-electron chi connectivity index (χ4n) is 13.8. The third-order valence-electron chi connectivity index (χ3n) is 17.0. The fraction of sp³-hybridized carbons (Fsp3) is 0.333. The Kier molecular flexibility index (Phi) is 10.3. The third kappa shape index (κ3) is 6.90. The second-order valence-corrected chi connectivity index (χ2v) is 21.0. The summed E-state index contributed by atoms with van der Waals surface area (Å²) in [6.45, 7) is 2.51. The molecule has 7 aromatic carbocycles. The van der Waals surface area contributed by atoms with Gasteiger partial charge in [0.1, 0.15) is 0 Å². The molecule has 7 aromatic rings. The van der Waals surface area contributed by atoms with Crippen LogP contribution in [0, 0.1) is 6.92 Å². The van der Waals surface area contributed by atoms with Crippen molar-refractivity contribution in [2.45, 2.75) is 134 Å². The average molecular weight is 859 g/mol. The molecule has 4 aliphatic carbocycles. The van der Waals surface area contributed by atoms with Gasteiger partial charge in [-0.1, -0.05) is 130 Å². The molecular weight excluding hydrogens is 796 g/mol. The maximum absolute atomic E-state index is 2.88. The van der Waals surface area contributed by atoms with E-state index in [0.29, 0.717) is 11.8 Å². The number of anilines is 6. The van der Waals surface area contributed by atoms with Crippen molar-refractivity contribution in [2.24, 2.45) is 0 Å². The van der Waals surface area contributed by atoms with Crippen LogP contribution in [0.1, 0.15) is 141 Å². The molecule has 328 valence electrons. The first kappa shape index (κ1) is 40.5. The van der Waals surface area contributed by atoms with Crippen molar-refractivity contribution in [3.8, 4) is 22.3 Å². The van der Waals surface area contributed by atoms with E-state index in [1.807, 2.05) is 0 Å². The van der Waals surface area contributed by atoms with Gasteiger partial charge in [-0.05, 0) is 216 Å². The average Bonchev–Trinajstić information content (AvgIpc) is 3.38. The maximum Gasteiger partial charge on any atom is 0.252 e. The van der Waals surface area contributed by atoms with Crippen molar-refractivity contribution in [2.75, 3.05) is 9.80 Å². The van der Waals surface area contributed by atoms with Crippen LogP contribution in [0.2, 0.25) is 0 Å². The molecule has 0 saturated heterocycles. The molecule has 0 spiro atoms. The molecule has 2 saturated carbocycles. The minimum Gasteiger partial charge on any atom is -0.311 e. The molecule has 3 heteroatoms. The van der Waals surface area contributed by atoms with Gasteiger partial charge in [-0.3, -0.25) is 0 Å². The predicted octanol–water partition coefficient (Wildman–Crippen LogP) is 15.3. The van der Waals surface area contributed by atoms with Crippen molar-refractivity contribution in [1.29, 1.82) is 0 Å². The highest BCUT2D eigenvalue weighted by atomic mass is 15.2. The Morgan fingerprint density at radius 3 is 1.42 bits per heavy atom. The Labute approximate surface area is 394 Å². The smallest absolute Gasteiger partial charge is 0.252 e. The Bertz CT molecular complexity index is 2880. The predicted molar refractivity (Wildman–Crippen MR) is 281 cm³/mol. The van der Waals surface area contributed by atoms with E-state index in [0.717, 1.165) is 0 Å². The first-order chi connectivity index (χ1) is 32.6. The molecule has 0 atom stereocenters. The van der Waals surface area contributed by atoms with E-state index >= 15 is 0 Å². The summed E-state index contributed by atoms with van der Waals surface area (Å²) in [6, 6.07) is 53.0. The van der Waals surface area contributed by atoms with Crippen molar-refractivity contribution in [3.05, 3.63) is 172 Å². The number of hydrogen-bond acceptors (Lipinski definition) is 2. The van der Waals surface area contributed by atoms with E-state index in [1.54, 1.807) is 33.5 Å². The molecule has 0 amide bonds. The van der Waals surface area contributed by atoms with Crippen LogP contribution in [0.4, 0.5) is 34.1 Å². The van der Waals surface area contributed by atoms with E-state index in [-0.39, 0.29) is 6.71 Å². The highest BCUT2D eigenvalue weighted by Gasteiger charge is 2.45. The number of aryl methyl sites for hydroxylation is 3. The highest BCUT2D eigenvalue weighted by molar-refractivity contribution is 7.00. The summed E-state index contributed by atoms with van der Waals surface area (Å²) in [6.07, 6.45) is 23.2. The second kappa shape index (κ2) is 16.8. The molecule has 2 fully saturated rings. The SMILES string of the molecule is Cc1cc2c3c(c1)N(c1c4c(cc5c1CCCC5)CCCC4)c1cc(C4CCCCC4)ccc1B3c1ccc(C3CCCCC3)cc1N2c1cc(-c2ccccc2)cc(-c2ccccc2)c1. The van der Waals surface area contributed by atoms with E-state index < -0.39 is 0 Å². The molecule has 2 nitrogen and oxygen atoms in total. The molecule has 2 aliphatic heterocycles. The standard InChI is InChI=1S/C63H63BN2/c1-42-34-60-62-61(35-42)66(63-54-28-16-14-26-49(54)36-50-27-15-17-29-55(50)63)59-41-48(44-20-8-3-9-21-44)31-33-57(59)64(62)56-32-30-47(43-18-6-2-7-19-43)40-58(56)65(60)53-38-51(45-22-10-4-11-23-45)37-52(39-53)46-24-12-5-13-25-46/h4-5,10-13,22-25,30-41,43-44H,2-3,6-9,14-21,26-29H2,1H3. The van der Waals surface area contributed by atoms with E-state index in [4.69, 9.17) is 0 Å². The lowest BCUT2D eigenvalue weighted by Gasteiger charge is -2.46. The van der Waals surface area contributed by atoms with Crippen molar-refractivity contribution < 1.29 is 0 Å². The van der Waals surface area contributed by atoms with Crippen LogP contribution >= 0.6 is 0 Å². The largest absolute Gasteiger partial charge is 0.311 e. The molecule has 0 N–H and O–H groups in total. The second-order valence-electron chi connectivity index (χ2n) is 21.0. The van der Waals surface area contributed by atoms with Crippen LogP contribution in [0.3, 0.4) is 0 Å². The monoisotopic (exact) mass is 859 g/mol. The van der Waals surface area contributed by atoms with Crippen LogP contribution in [0.15, 0.2) is 133 Å². The molecule has 0 unspecified atom stereocenters. The Balaban J connectivity index is 1.11. The summed E-state index contributed by atoms with van der Waals surface area (Å²) < 4.78 is 0. The van der Waals surface area contributed by atoms with E-state index in [1.165, 1.54) is 194 Å². The molecule has 0 bridgehead atoms. The molecular formula is C63H63BN2. The van der Waals surface area contributed by atoms with Gasteiger partial charge in [0, 0.05) is 28.4 Å². The highest BCUT2D eigenvalue weighted by Crippen LogP contribution is 2.51. The molecule has 6 aliphatic rings. The third-order valence-corrected chi connectivity index (χ3v) is 17.0. The van der Waals surface area contributed by atoms with Gasteiger partial charge in [0.2, 0.25) is 0 Å². The minimum atomic E-state index is 0.134. The molecule has 0 radical (unpaired) electrons. The van der Waals surface area contributed by atoms with Crippen LogP contribution in [0.25, 0.3) is 22.3 Å². The summed E-state index contributed by atoms with van der Waals surface area (Å²) in [5.41, 5.74) is 28.7. The normalized spacial score (nSPS) is 18.0. The van der Waals surface area contributed by atoms with Gasteiger partial charge in [-0.25, -0.2) is 0 Å². The molecule has 0 aromatic heterocycles. The summed E-state index contributed by atoms with van der Waals surface area (Å²) in [7, 11) is 0. The molecule has 66 heavy (non-hydrogen) atoms. The molecule has 13 rings (SSSR count). The summed E-state index contributed by atoms with van der Waals surface area (Å²) >= 11 is 0. The summed E-state index contributed by atoms with van der Waals surface area (Å²) in [5.74, 6) is 1.25. The Morgan fingerprint density at radius 1 is 0.409 bits per heavy atom. The van der Waals surface area contributed by atoms with Crippen LogP contribution < -0.4 is 26.2 Å². The van der Waals surface area contributed by atoms with Gasteiger partial charge >= 0.3 is 0 Å². The van der Waals surface area contributed by atoms with Crippen LogP contribution in [-0.4, -0.2) is 6.71 Å². The van der Waals surface area contributed by atoms with Gasteiger partial charge in [0.05, 0.1) is 5.69 Å². The van der Waals surface area contributed by atoms with Crippen LogP contribution in [0.5, 0.6) is 0 Å². The van der Waals surface area contributed by atoms with Crippen molar-refractivity contribution in [1.82, 2.24) is 0 Å². The van der Waals surface area contributed by atoms with E-state index in [2.05, 4.69) is 150 Å². The topological polar surface area (TPSA) is 6.48 Å². The lowest BCUT2D eigenvalue weighted by Crippen LogP contribution is -2.61. The number of hydrogen-bond donors (Lipinski definition) is 0. The number of rotatable bonds is 6. The van der Waals surface area contributed by atoms with Gasteiger partial charge in [0.25, 0.3) is 6.71 Å². The Morgan fingerprint density at radius 2 is 0.894 bits per heavy atom. The minimum absolute atomic E-state index is 0.134. The lowest BCUT2D eigenvalue weighted by atomic mass is 9.33. The van der Waals surface area contributed by atoms with Gasteiger partial charge < -0.3 is 9.80 Å². The maximum atomic E-state index is 2.88. The summed E-state index contributed by atoms with van der Waals surface area (Å²) in [5, 5.41) is 0. The number of nitrogens with zero attached hydrogens (tertiary/aromatic N) is 2. The van der Waals surface area contributed by atoms with Crippen molar-refractivity contribution in [3.63, 3.8) is 0 Å². The van der Waals surface area contributed by atoms with E-state index in [9.17, 15) is 0 Å². The quantitative estimate of drug-likeness (QED) is 0.154. The zero-order valence-electron chi connectivity index (χ0n) is 39.1. The molecule has 2 heterocycles. The van der Waals surface area contributed by atoms with Gasteiger partial charge in [0.15, 0.2) is 0 Å². The lowest BCUT2D eigenvalue weighted by molar-refractivity contribution is 0.444. The zero-order valence-corrected chi connectivity index (χ0v) is 39.1. The number of fused-ring (bicyclic) bond motifs is 6. The first-order valence-corrected chi connectivity index (χ1v) is 26.1.